The molecule has 4 aliphatic rings. The van der Waals surface area contributed by atoms with Gasteiger partial charge in [0.2, 0.25) is 5.91 Å². The largest absolute Gasteiger partial charge is 0.358 e. The van der Waals surface area contributed by atoms with Crippen molar-refractivity contribution in [2.45, 2.75) is 69.9 Å². The third-order valence-electron chi connectivity index (χ3n) is 8.34. The van der Waals surface area contributed by atoms with Gasteiger partial charge in [-0.05, 0) is 56.1 Å². The van der Waals surface area contributed by atoms with Gasteiger partial charge in [0, 0.05) is 32.2 Å². The SMILES string of the molecule is CNC(=O)CN1c2ccccc2N(C2CCN(C3CCC4CCCCC4C3)CC2)S1(=O)=O. The molecule has 2 aliphatic heterocycles. The molecule has 7 nitrogen and oxygen atoms in total. The fourth-order valence-corrected chi connectivity index (χ4v) is 8.53. The van der Waals surface area contributed by atoms with E-state index in [-0.39, 0.29) is 18.5 Å². The second-order valence-corrected chi connectivity index (χ2v) is 11.7. The molecule has 1 amide bonds. The van der Waals surface area contributed by atoms with Crippen LogP contribution in [0.15, 0.2) is 24.3 Å². The van der Waals surface area contributed by atoms with Gasteiger partial charge in [-0.2, -0.15) is 8.42 Å². The summed E-state index contributed by atoms with van der Waals surface area (Å²) in [6.45, 7) is 1.72. The second kappa shape index (κ2) is 8.86. The van der Waals surface area contributed by atoms with Crippen LogP contribution in [0.25, 0.3) is 0 Å². The number of likely N-dealkylation sites (tertiary alicyclic amines) is 1. The molecule has 0 radical (unpaired) electrons. The van der Waals surface area contributed by atoms with Gasteiger partial charge in [-0.1, -0.05) is 37.8 Å². The highest BCUT2D eigenvalue weighted by Gasteiger charge is 2.45. The van der Waals surface area contributed by atoms with Crippen LogP contribution < -0.4 is 13.9 Å². The van der Waals surface area contributed by atoms with Crippen molar-refractivity contribution < 1.29 is 13.2 Å². The lowest BCUT2D eigenvalue weighted by Gasteiger charge is -2.46. The fourth-order valence-electron chi connectivity index (χ4n) is 6.64. The lowest BCUT2D eigenvalue weighted by atomic mass is 9.69. The first-order valence-electron chi connectivity index (χ1n) is 12.3. The third-order valence-corrected chi connectivity index (χ3v) is 10.2. The number of rotatable bonds is 4. The number of hydrogen-bond donors (Lipinski definition) is 1. The number of nitrogens with one attached hydrogen (secondary N) is 1. The van der Waals surface area contributed by atoms with Crippen molar-refractivity contribution in [2.75, 3.05) is 35.3 Å². The highest BCUT2D eigenvalue weighted by molar-refractivity contribution is 7.94. The Labute approximate surface area is 192 Å². The van der Waals surface area contributed by atoms with Gasteiger partial charge >= 0.3 is 10.2 Å². The number of piperidine rings is 1. The van der Waals surface area contributed by atoms with Crippen LogP contribution in [0.5, 0.6) is 0 Å². The summed E-state index contributed by atoms with van der Waals surface area (Å²) in [6.07, 6.45) is 11.3. The quantitative estimate of drug-likeness (QED) is 0.749. The average Bonchev–Trinajstić information content (AvgIpc) is 3.04. The number of benzene rings is 1. The molecule has 2 saturated carbocycles. The number of nitrogens with zero attached hydrogens (tertiary/aromatic N) is 3. The Morgan fingerprint density at radius 1 is 0.938 bits per heavy atom. The second-order valence-electron chi connectivity index (χ2n) is 10.0. The molecule has 1 saturated heterocycles. The lowest BCUT2D eigenvalue weighted by Crippen LogP contribution is -2.52. The average molecular weight is 461 g/mol. The van der Waals surface area contributed by atoms with E-state index in [0.717, 1.165) is 37.8 Å². The topological polar surface area (TPSA) is 73.0 Å². The minimum absolute atomic E-state index is 0.0573. The van der Waals surface area contributed by atoms with Crippen LogP contribution in [0.2, 0.25) is 0 Å². The van der Waals surface area contributed by atoms with Crippen molar-refractivity contribution in [1.82, 2.24) is 10.2 Å². The number of hydrogen-bond acceptors (Lipinski definition) is 4. The van der Waals surface area contributed by atoms with Crippen molar-refractivity contribution in [1.29, 1.82) is 0 Å². The monoisotopic (exact) mass is 460 g/mol. The van der Waals surface area contributed by atoms with Gasteiger partial charge in [0.1, 0.15) is 6.54 Å². The molecule has 2 heterocycles. The first-order valence-corrected chi connectivity index (χ1v) is 13.7. The minimum atomic E-state index is -3.76. The van der Waals surface area contributed by atoms with E-state index >= 15 is 0 Å². The maximum atomic E-state index is 13.5. The van der Waals surface area contributed by atoms with Crippen molar-refractivity contribution in [2.24, 2.45) is 11.8 Å². The van der Waals surface area contributed by atoms with E-state index in [0.29, 0.717) is 17.4 Å². The molecule has 5 rings (SSSR count). The fraction of sp³-hybridized carbons (Fsp3) is 0.708. The molecular formula is C24H36N4O3S. The molecule has 1 N–H and O–H groups in total. The zero-order chi connectivity index (χ0) is 22.3. The van der Waals surface area contributed by atoms with Gasteiger partial charge in [-0.15, -0.1) is 0 Å². The predicted molar refractivity (Wildman–Crippen MR) is 127 cm³/mol. The van der Waals surface area contributed by atoms with E-state index in [2.05, 4.69) is 10.2 Å². The van der Waals surface area contributed by atoms with Gasteiger partial charge in [-0.3, -0.25) is 4.79 Å². The van der Waals surface area contributed by atoms with E-state index in [1.54, 1.807) is 10.4 Å². The van der Waals surface area contributed by atoms with Gasteiger partial charge in [0.05, 0.1) is 11.4 Å². The van der Waals surface area contributed by atoms with E-state index < -0.39 is 10.2 Å². The van der Waals surface area contributed by atoms with E-state index in [4.69, 9.17) is 0 Å². The van der Waals surface area contributed by atoms with Crippen LogP contribution in [0.3, 0.4) is 0 Å². The molecular weight excluding hydrogens is 424 g/mol. The van der Waals surface area contributed by atoms with Crippen molar-refractivity contribution in [3.8, 4) is 0 Å². The van der Waals surface area contributed by atoms with Gasteiger partial charge in [-0.25, -0.2) is 8.61 Å². The van der Waals surface area contributed by atoms with E-state index in [1.807, 2.05) is 18.2 Å². The number of likely N-dealkylation sites (N-methyl/N-ethyl adjacent to an activating group) is 1. The molecule has 1 aromatic carbocycles. The van der Waals surface area contributed by atoms with Gasteiger partial charge < -0.3 is 10.2 Å². The first kappa shape index (κ1) is 22.0. The summed E-state index contributed by atoms with van der Waals surface area (Å²) >= 11 is 0. The maximum Gasteiger partial charge on any atom is 0.327 e. The predicted octanol–water partition coefficient (Wildman–Crippen LogP) is 3.13. The number of para-hydroxylation sites is 2. The van der Waals surface area contributed by atoms with Gasteiger partial charge in [0.25, 0.3) is 0 Å². The molecule has 3 atom stereocenters. The maximum absolute atomic E-state index is 13.5. The summed E-state index contributed by atoms with van der Waals surface area (Å²) in [5, 5.41) is 2.55. The van der Waals surface area contributed by atoms with Crippen LogP contribution in [0.4, 0.5) is 11.4 Å². The molecule has 2 aliphatic carbocycles. The number of carbonyl (C=O) groups is 1. The molecule has 3 unspecified atom stereocenters. The molecule has 3 fully saturated rings. The van der Waals surface area contributed by atoms with Crippen LogP contribution >= 0.6 is 0 Å². The molecule has 0 spiro atoms. The smallest absolute Gasteiger partial charge is 0.327 e. The highest BCUT2D eigenvalue weighted by Crippen LogP contribution is 2.45. The Hall–Kier alpha value is -1.80. The lowest BCUT2D eigenvalue weighted by molar-refractivity contribution is -0.119. The molecule has 0 bridgehead atoms. The van der Waals surface area contributed by atoms with Crippen molar-refractivity contribution in [3.63, 3.8) is 0 Å². The minimum Gasteiger partial charge on any atom is -0.358 e. The molecule has 1 aromatic rings. The van der Waals surface area contributed by atoms with Gasteiger partial charge in [0.15, 0.2) is 0 Å². The third kappa shape index (κ3) is 3.89. The summed E-state index contributed by atoms with van der Waals surface area (Å²) in [5.74, 6) is 1.55. The Balaban J connectivity index is 1.28. The summed E-state index contributed by atoms with van der Waals surface area (Å²) < 4.78 is 29.9. The molecule has 0 aromatic heterocycles. The van der Waals surface area contributed by atoms with Crippen molar-refractivity contribution in [3.05, 3.63) is 24.3 Å². The zero-order valence-corrected chi connectivity index (χ0v) is 19.9. The molecule has 8 heteroatoms. The Kier molecular flexibility index (Phi) is 6.09. The van der Waals surface area contributed by atoms with E-state index in [1.165, 1.54) is 56.3 Å². The zero-order valence-electron chi connectivity index (χ0n) is 19.1. The Morgan fingerprint density at radius 2 is 1.62 bits per heavy atom. The molecule has 176 valence electrons. The Morgan fingerprint density at radius 3 is 2.34 bits per heavy atom. The van der Waals surface area contributed by atoms with E-state index in [9.17, 15) is 13.2 Å². The first-order chi connectivity index (χ1) is 15.5. The summed E-state index contributed by atoms with van der Waals surface area (Å²) in [5.41, 5.74) is 1.31. The van der Waals surface area contributed by atoms with Crippen LogP contribution in [-0.4, -0.2) is 58.0 Å². The van der Waals surface area contributed by atoms with Crippen molar-refractivity contribution >= 4 is 27.5 Å². The standard InChI is InChI=1S/C24H36N4O3S/c1-25-24(29)17-27-22-8-4-5-9-23(22)28(32(27,30)31)20-12-14-26(15-13-20)21-11-10-18-6-2-3-7-19(18)16-21/h4-5,8-9,18-21H,2-3,6-7,10-17H2,1H3,(H,25,29). The number of amides is 1. The van der Waals surface area contributed by atoms with Crippen LogP contribution in [0.1, 0.15) is 57.8 Å². The summed E-state index contributed by atoms with van der Waals surface area (Å²) in [7, 11) is -2.23. The van der Waals surface area contributed by atoms with Crippen LogP contribution in [0, 0.1) is 11.8 Å². The Bertz CT molecular complexity index is 944. The van der Waals surface area contributed by atoms with Crippen LogP contribution in [-0.2, 0) is 15.0 Å². The highest BCUT2D eigenvalue weighted by atomic mass is 32.2. The summed E-state index contributed by atoms with van der Waals surface area (Å²) in [6, 6.07) is 7.99. The number of anilines is 2. The number of carbonyl (C=O) groups excluding carboxylic acids is 1. The summed E-state index contributed by atoms with van der Waals surface area (Å²) in [4.78, 5) is 14.7. The number of fused-ring (bicyclic) bond motifs is 2. The molecule has 32 heavy (non-hydrogen) atoms. The normalized spacial score (nSPS) is 30.6.